The first-order chi connectivity index (χ1) is 12.6. The van der Waals surface area contributed by atoms with Gasteiger partial charge in [-0.05, 0) is 29.1 Å². The van der Waals surface area contributed by atoms with Gasteiger partial charge in [0.25, 0.3) is 5.91 Å². The third-order valence-electron chi connectivity index (χ3n) is 4.11. The minimum atomic E-state index is -0.641. The van der Waals surface area contributed by atoms with Crippen LogP contribution in [0.15, 0.2) is 78.2 Å². The van der Waals surface area contributed by atoms with Gasteiger partial charge in [-0.25, -0.2) is 0 Å². The molecule has 0 aliphatic heterocycles. The van der Waals surface area contributed by atoms with Crippen molar-refractivity contribution in [1.82, 2.24) is 5.32 Å². The fourth-order valence-corrected chi connectivity index (χ4v) is 3.33. The normalized spacial score (nSPS) is 11.6. The topological polar surface area (TPSA) is 49.4 Å². The zero-order valence-corrected chi connectivity index (χ0v) is 15.3. The molecular weight excluding hydrogens is 344 g/mol. The van der Waals surface area contributed by atoms with E-state index in [0.29, 0.717) is 11.3 Å². The van der Waals surface area contributed by atoms with E-state index in [4.69, 9.17) is 0 Å². The fourth-order valence-electron chi connectivity index (χ4n) is 2.70. The van der Waals surface area contributed by atoms with E-state index in [0.717, 1.165) is 11.3 Å². The monoisotopic (exact) mass is 364 g/mol. The largest absolute Gasteiger partial charge is 0.339 e. The van der Waals surface area contributed by atoms with Crippen LogP contribution in [0.2, 0.25) is 0 Å². The molecular formula is C21H20N2O2S. The highest BCUT2D eigenvalue weighted by atomic mass is 32.1. The Balaban J connectivity index is 1.81. The lowest BCUT2D eigenvalue weighted by atomic mass is 10.0. The maximum Gasteiger partial charge on any atom is 0.262 e. The highest BCUT2D eigenvalue weighted by Gasteiger charge is 2.25. The number of nitrogens with one attached hydrogen (secondary N) is 1. The van der Waals surface area contributed by atoms with Crippen LogP contribution in [-0.4, -0.2) is 24.9 Å². The number of nitrogens with zero attached hydrogens (tertiary/aromatic N) is 1. The van der Waals surface area contributed by atoms with E-state index in [1.54, 1.807) is 18.0 Å². The number of amides is 2. The third kappa shape index (κ3) is 4.37. The Kier molecular flexibility index (Phi) is 5.81. The number of thiophene rings is 1. The Morgan fingerprint density at radius 3 is 2.23 bits per heavy atom. The van der Waals surface area contributed by atoms with Crippen molar-refractivity contribution in [3.8, 4) is 0 Å². The summed E-state index contributed by atoms with van der Waals surface area (Å²) in [6.45, 7) is 0. The van der Waals surface area contributed by atoms with Crippen LogP contribution in [0.5, 0.6) is 0 Å². The average molecular weight is 364 g/mol. The maximum absolute atomic E-state index is 13.1. The minimum absolute atomic E-state index is 0.148. The molecule has 1 heterocycles. The van der Waals surface area contributed by atoms with E-state index in [9.17, 15) is 9.59 Å². The summed E-state index contributed by atoms with van der Waals surface area (Å²) in [5.74, 6) is -0.374. The molecule has 26 heavy (non-hydrogen) atoms. The van der Waals surface area contributed by atoms with Crippen molar-refractivity contribution in [3.05, 3.63) is 88.6 Å². The summed E-state index contributed by atoms with van der Waals surface area (Å²) in [6.07, 6.45) is 0.438. The quantitative estimate of drug-likeness (QED) is 0.724. The Hall–Kier alpha value is -2.92. The predicted octanol–water partition coefficient (Wildman–Crippen LogP) is 3.75. The van der Waals surface area contributed by atoms with Gasteiger partial charge in [-0.3, -0.25) is 9.59 Å². The molecule has 2 amide bonds. The van der Waals surface area contributed by atoms with Gasteiger partial charge in [-0.15, -0.1) is 11.3 Å². The number of hydrogen-bond acceptors (Lipinski definition) is 3. The van der Waals surface area contributed by atoms with Crippen molar-refractivity contribution in [1.29, 1.82) is 0 Å². The molecule has 0 aliphatic carbocycles. The van der Waals surface area contributed by atoms with Gasteiger partial charge in [-0.2, -0.15) is 0 Å². The molecule has 5 heteroatoms. The van der Waals surface area contributed by atoms with Crippen LogP contribution >= 0.6 is 11.3 Å². The molecule has 0 saturated carbocycles. The number of likely N-dealkylation sites (N-methyl/N-ethyl adjacent to an activating group) is 1. The second-order valence-corrected chi connectivity index (χ2v) is 6.87. The van der Waals surface area contributed by atoms with Crippen LogP contribution in [0.25, 0.3) is 0 Å². The van der Waals surface area contributed by atoms with Crippen molar-refractivity contribution in [3.63, 3.8) is 0 Å². The van der Waals surface area contributed by atoms with Crippen LogP contribution in [0.4, 0.5) is 5.69 Å². The molecule has 0 radical (unpaired) electrons. The lowest BCUT2D eigenvalue weighted by Crippen LogP contribution is -2.48. The van der Waals surface area contributed by atoms with Gasteiger partial charge in [0.2, 0.25) is 5.91 Å². The summed E-state index contributed by atoms with van der Waals surface area (Å²) < 4.78 is 0. The predicted molar refractivity (Wildman–Crippen MR) is 106 cm³/mol. The number of para-hydroxylation sites is 1. The molecule has 0 fully saturated rings. The lowest BCUT2D eigenvalue weighted by Gasteiger charge is -2.25. The summed E-state index contributed by atoms with van der Waals surface area (Å²) >= 11 is 1.36. The Morgan fingerprint density at radius 2 is 1.62 bits per heavy atom. The molecule has 1 N–H and O–H groups in total. The molecule has 4 nitrogen and oxygen atoms in total. The van der Waals surface area contributed by atoms with Gasteiger partial charge in [0.15, 0.2) is 0 Å². The number of hydrogen-bond donors (Lipinski definition) is 1. The number of rotatable bonds is 6. The van der Waals surface area contributed by atoms with Crippen molar-refractivity contribution in [2.45, 2.75) is 12.5 Å². The van der Waals surface area contributed by atoms with Gasteiger partial charge in [0, 0.05) is 19.2 Å². The number of benzene rings is 2. The molecule has 0 aliphatic rings. The van der Waals surface area contributed by atoms with Gasteiger partial charge >= 0.3 is 0 Å². The molecule has 0 saturated heterocycles. The zero-order valence-electron chi connectivity index (χ0n) is 14.5. The number of carbonyl (C=O) groups is 2. The Labute approximate surface area is 157 Å². The van der Waals surface area contributed by atoms with E-state index in [1.807, 2.05) is 72.1 Å². The highest BCUT2D eigenvalue weighted by Crippen LogP contribution is 2.15. The van der Waals surface area contributed by atoms with E-state index < -0.39 is 6.04 Å². The minimum Gasteiger partial charge on any atom is -0.339 e. The third-order valence-corrected chi connectivity index (χ3v) is 4.97. The molecule has 0 unspecified atom stereocenters. The van der Waals surface area contributed by atoms with Crippen molar-refractivity contribution >= 4 is 28.8 Å². The SMILES string of the molecule is CN(C(=O)[C@H](Cc1ccccc1)NC(=O)c1cccs1)c1ccccc1. The summed E-state index contributed by atoms with van der Waals surface area (Å²) in [5, 5.41) is 4.74. The smallest absolute Gasteiger partial charge is 0.262 e. The fraction of sp³-hybridized carbons (Fsp3) is 0.143. The van der Waals surface area contributed by atoms with Gasteiger partial charge in [0.05, 0.1) is 4.88 Å². The first-order valence-corrected chi connectivity index (χ1v) is 9.24. The maximum atomic E-state index is 13.1. The van der Waals surface area contributed by atoms with Crippen LogP contribution in [0, 0.1) is 0 Å². The second kappa shape index (κ2) is 8.45. The number of anilines is 1. The van der Waals surface area contributed by atoms with Crippen molar-refractivity contribution in [2.75, 3.05) is 11.9 Å². The lowest BCUT2D eigenvalue weighted by molar-refractivity contribution is -0.120. The summed E-state index contributed by atoms with van der Waals surface area (Å²) in [7, 11) is 1.73. The molecule has 132 valence electrons. The van der Waals surface area contributed by atoms with Crippen LogP contribution < -0.4 is 10.2 Å². The van der Waals surface area contributed by atoms with Crippen LogP contribution in [0.1, 0.15) is 15.2 Å². The van der Waals surface area contributed by atoms with Gasteiger partial charge in [-0.1, -0.05) is 54.6 Å². The van der Waals surface area contributed by atoms with Crippen LogP contribution in [0.3, 0.4) is 0 Å². The summed E-state index contributed by atoms with van der Waals surface area (Å²) in [6, 6.07) is 22.1. The number of carbonyl (C=O) groups excluding carboxylic acids is 2. The van der Waals surface area contributed by atoms with Gasteiger partial charge in [0.1, 0.15) is 6.04 Å². The molecule has 3 rings (SSSR count). The second-order valence-electron chi connectivity index (χ2n) is 5.93. The van der Waals surface area contributed by atoms with E-state index in [2.05, 4.69) is 5.32 Å². The van der Waals surface area contributed by atoms with Crippen molar-refractivity contribution < 1.29 is 9.59 Å². The standard InChI is InChI=1S/C21H20N2O2S/c1-23(17-11-6-3-7-12-17)21(25)18(15-16-9-4-2-5-10-16)22-20(24)19-13-8-14-26-19/h2-14,18H,15H2,1H3,(H,22,24)/t18-/m0/s1. The van der Waals surface area contributed by atoms with Crippen LogP contribution in [-0.2, 0) is 11.2 Å². The average Bonchev–Trinajstić information content (AvgIpc) is 3.23. The van der Waals surface area contributed by atoms with E-state index in [1.165, 1.54) is 11.3 Å². The van der Waals surface area contributed by atoms with Crippen molar-refractivity contribution in [2.24, 2.45) is 0 Å². The Morgan fingerprint density at radius 1 is 0.962 bits per heavy atom. The van der Waals surface area contributed by atoms with Gasteiger partial charge < -0.3 is 10.2 Å². The van der Waals surface area contributed by atoms with E-state index in [-0.39, 0.29) is 11.8 Å². The molecule has 3 aromatic rings. The molecule has 1 aromatic heterocycles. The zero-order chi connectivity index (χ0) is 18.4. The molecule has 0 spiro atoms. The molecule has 0 bridgehead atoms. The summed E-state index contributed by atoms with van der Waals surface area (Å²) in [4.78, 5) is 27.7. The molecule has 1 atom stereocenters. The van der Waals surface area contributed by atoms with E-state index >= 15 is 0 Å². The highest BCUT2D eigenvalue weighted by molar-refractivity contribution is 7.12. The first-order valence-electron chi connectivity index (χ1n) is 8.36. The summed E-state index contributed by atoms with van der Waals surface area (Å²) in [5.41, 5.74) is 1.79. The molecule has 2 aromatic carbocycles. The Bertz CT molecular complexity index is 848. The first kappa shape index (κ1) is 17.9.